The number of halogens is 1. The van der Waals surface area contributed by atoms with Gasteiger partial charge in [-0.15, -0.1) is 10.2 Å². The predicted octanol–water partition coefficient (Wildman–Crippen LogP) is 3.16. The van der Waals surface area contributed by atoms with Crippen LogP contribution in [0.4, 0.5) is 5.13 Å². The minimum absolute atomic E-state index is 0.0647. The molecule has 0 aliphatic rings. The smallest absolute Gasteiger partial charge is 0.225 e. The van der Waals surface area contributed by atoms with E-state index >= 15 is 0 Å². The lowest BCUT2D eigenvalue weighted by molar-refractivity contribution is -0.115. The lowest BCUT2D eigenvalue weighted by Gasteiger charge is -2.04. The summed E-state index contributed by atoms with van der Waals surface area (Å²) in [6.07, 6.45) is 1.07. The van der Waals surface area contributed by atoms with Gasteiger partial charge in [0.05, 0.1) is 6.61 Å². The lowest BCUT2D eigenvalue weighted by Crippen LogP contribution is -2.08. The number of carbonyl (C=O) groups excluding carboxylic acids is 1. The monoisotopic (exact) mass is 311 g/mol. The van der Waals surface area contributed by atoms with Crippen LogP contribution in [0.5, 0.6) is 5.75 Å². The molecule has 1 heterocycles. The second kappa shape index (κ2) is 7.21. The van der Waals surface area contributed by atoms with E-state index < -0.39 is 0 Å². The number of hydrogen-bond acceptors (Lipinski definition) is 5. The number of aromatic nitrogens is 2. The highest BCUT2D eigenvalue weighted by atomic mass is 35.5. The Labute approximate surface area is 125 Å². The summed E-state index contributed by atoms with van der Waals surface area (Å²) in [6, 6.07) is 7.19. The lowest BCUT2D eigenvalue weighted by atomic mass is 10.3. The SMILES string of the molecule is CCC(=O)Nc1nnc(CCOc2ccc(Cl)cc2)s1. The third-order valence-corrected chi connectivity index (χ3v) is 3.58. The molecule has 0 saturated heterocycles. The molecule has 0 saturated carbocycles. The van der Waals surface area contributed by atoms with Gasteiger partial charge in [0.1, 0.15) is 10.8 Å². The first kappa shape index (κ1) is 14.7. The molecule has 1 N–H and O–H groups in total. The molecule has 0 bridgehead atoms. The molecule has 2 aromatic rings. The number of hydrogen-bond donors (Lipinski definition) is 1. The van der Waals surface area contributed by atoms with Crippen LogP contribution in [0.2, 0.25) is 5.02 Å². The summed E-state index contributed by atoms with van der Waals surface area (Å²) < 4.78 is 5.57. The largest absolute Gasteiger partial charge is 0.493 e. The van der Waals surface area contributed by atoms with Crippen molar-refractivity contribution in [3.8, 4) is 5.75 Å². The van der Waals surface area contributed by atoms with Crippen LogP contribution in [-0.4, -0.2) is 22.7 Å². The zero-order valence-electron chi connectivity index (χ0n) is 10.9. The van der Waals surface area contributed by atoms with E-state index in [0.717, 1.165) is 10.8 Å². The topological polar surface area (TPSA) is 64.1 Å². The van der Waals surface area contributed by atoms with E-state index in [1.807, 2.05) is 12.1 Å². The van der Waals surface area contributed by atoms with Crippen LogP contribution in [0, 0.1) is 0 Å². The highest BCUT2D eigenvalue weighted by molar-refractivity contribution is 7.15. The average molecular weight is 312 g/mol. The van der Waals surface area contributed by atoms with Crippen molar-refractivity contribution >= 4 is 34.0 Å². The summed E-state index contributed by atoms with van der Waals surface area (Å²) in [5.74, 6) is 0.698. The maximum Gasteiger partial charge on any atom is 0.225 e. The van der Waals surface area contributed by atoms with Crippen LogP contribution in [0.25, 0.3) is 0 Å². The maximum atomic E-state index is 11.2. The summed E-state index contributed by atoms with van der Waals surface area (Å²) in [6.45, 7) is 2.29. The zero-order valence-corrected chi connectivity index (χ0v) is 12.5. The summed E-state index contributed by atoms with van der Waals surface area (Å²) in [5, 5.41) is 12.6. The van der Waals surface area contributed by atoms with Crippen molar-refractivity contribution in [2.45, 2.75) is 19.8 Å². The standard InChI is InChI=1S/C13H14ClN3O2S/c1-2-11(18)15-13-17-16-12(20-13)7-8-19-10-5-3-9(14)4-6-10/h3-6H,2,7-8H2,1H3,(H,15,17,18). The molecule has 0 spiro atoms. The van der Waals surface area contributed by atoms with Crippen molar-refractivity contribution < 1.29 is 9.53 Å². The van der Waals surface area contributed by atoms with Crippen LogP contribution in [-0.2, 0) is 11.2 Å². The van der Waals surface area contributed by atoms with Crippen molar-refractivity contribution in [1.82, 2.24) is 10.2 Å². The fourth-order valence-corrected chi connectivity index (χ4v) is 2.26. The van der Waals surface area contributed by atoms with Gasteiger partial charge in [0, 0.05) is 17.9 Å². The first-order valence-electron chi connectivity index (χ1n) is 6.18. The van der Waals surface area contributed by atoms with Gasteiger partial charge in [-0.3, -0.25) is 4.79 Å². The van der Waals surface area contributed by atoms with E-state index in [1.165, 1.54) is 11.3 Å². The predicted molar refractivity (Wildman–Crippen MR) is 79.5 cm³/mol. The Morgan fingerprint density at radius 1 is 1.35 bits per heavy atom. The van der Waals surface area contributed by atoms with Crippen molar-refractivity contribution in [2.24, 2.45) is 0 Å². The van der Waals surface area contributed by atoms with Gasteiger partial charge < -0.3 is 10.1 Å². The molecule has 1 amide bonds. The molecule has 0 aliphatic carbocycles. The van der Waals surface area contributed by atoms with E-state index in [1.54, 1.807) is 19.1 Å². The van der Waals surface area contributed by atoms with Crippen LogP contribution in [0.3, 0.4) is 0 Å². The number of benzene rings is 1. The minimum Gasteiger partial charge on any atom is -0.493 e. The van der Waals surface area contributed by atoms with Gasteiger partial charge >= 0.3 is 0 Å². The molecule has 1 aromatic heterocycles. The summed E-state index contributed by atoms with van der Waals surface area (Å²) in [7, 11) is 0. The number of ether oxygens (including phenoxy) is 1. The Balaban J connectivity index is 1.79. The molecule has 7 heteroatoms. The third kappa shape index (κ3) is 4.47. The van der Waals surface area contributed by atoms with Crippen molar-refractivity contribution in [3.63, 3.8) is 0 Å². The molecule has 0 unspecified atom stereocenters. The molecule has 106 valence electrons. The second-order valence-corrected chi connectivity index (χ2v) is 5.45. The Kier molecular flexibility index (Phi) is 5.31. The molecular weight excluding hydrogens is 298 g/mol. The van der Waals surface area contributed by atoms with Gasteiger partial charge in [-0.1, -0.05) is 29.9 Å². The highest BCUT2D eigenvalue weighted by Gasteiger charge is 2.06. The van der Waals surface area contributed by atoms with Gasteiger partial charge in [-0.25, -0.2) is 0 Å². The van der Waals surface area contributed by atoms with Crippen LogP contribution >= 0.6 is 22.9 Å². The number of carbonyl (C=O) groups is 1. The van der Waals surface area contributed by atoms with Crippen molar-refractivity contribution in [3.05, 3.63) is 34.3 Å². The molecule has 5 nitrogen and oxygen atoms in total. The quantitative estimate of drug-likeness (QED) is 0.890. The molecule has 0 fully saturated rings. The molecular formula is C13H14ClN3O2S. The van der Waals surface area contributed by atoms with Crippen LogP contribution in [0.15, 0.2) is 24.3 Å². The van der Waals surface area contributed by atoms with Gasteiger partial charge in [-0.2, -0.15) is 0 Å². The molecule has 20 heavy (non-hydrogen) atoms. The number of rotatable bonds is 6. The van der Waals surface area contributed by atoms with E-state index in [0.29, 0.717) is 29.6 Å². The number of amides is 1. The molecule has 2 rings (SSSR count). The first-order chi connectivity index (χ1) is 9.67. The average Bonchev–Trinajstić information content (AvgIpc) is 2.88. The second-order valence-electron chi connectivity index (χ2n) is 3.96. The highest BCUT2D eigenvalue weighted by Crippen LogP contribution is 2.18. The number of nitrogens with zero attached hydrogens (tertiary/aromatic N) is 2. The van der Waals surface area contributed by atoms with Gasteiger partial charge in [-0.05, 0) is 24.3 Å². The van der Waals surface area contributed by atoms with E-state index in [4.69, 9.17) is 16.3 Å². The van der Waals surface area contributed by atoms with Gasteiger partial charge in [0.25, 0.3) is 0 Å². The van der Waals surface area contributed by atoms with Gasteiger partial charge in [0.2, 0.25) is 11.0 Å². The van der Waals surface area contributed by atoms with Crippen LogP contribution in [0.1, 0.15) is 18.4 Å². The molecule has 0 atom stereocenters. The molecule has 1 aromatic carbocycles. The molecule has 0 aliphatic heterocycles. The van der Waals surface area contributed by atoms with Crippen LogP contribution < -0.4 is 10.1 Å². The summed E-state index contributed by atoms with van der Waals surface area (Å²) >= 11 is 7.15. The fourth-order valence-electron chi connectivity index (χ4n) is 1.40. The Hall–Kier alpha value is -1.66. The Bertz CT molecular complexity index is 571. The van der Waals surface area contributed by atoms with Crippen molar-refractivity contribution in [2.75, 3.05) is 11.9 Å². The maximum absolute atomic E-state index is 11.2. The third-order valence-electron chi connectivity index (χ3n) is 2.43. The van der Waals surface area contributed by atoms with E-state index in [2.05, 4.69) is 15.5 Å². The summed E-state index contributed by atoms with van der Waals surface area (Å²) in [4.78, 5) is 11.2. The minimum atomic E-state index is -0.0647. The van der Waals surface area contributed by atoms with Crippen molar-refractivity contribution in [1.29, 1.82) is 0 Å². The fraction of sp³-hybridized carbons (Fsp3) is 0.308. The molecule has 0 radical (unpaired) electrons. The Morgan fingerprint density at radius 3 is 2.80 bits per heavy atom. The van der Waals surface area contributed by atoms with E-state index in [9.17, 15) is 4.79 Å². The first-order valence-corrected chi connectivity index (χ1v) is 7.37. The number of nitrogens with one attached hydrogen (secondary N) is 1. The summed E-state index contributed by atoms with van der Waals surface area (Å²) in [5.41, 5.74) is 0. The van der Waals surface area contributed by atoms with Gasteiger partial charge in [0.15, 0.2) is 0 Å². The Morgan fingerprint density at radius 2 is 2.10 bits per heavy atom. The normalized spacial score (nSPS) is 10.3. The van der Waals surface area contributed by atoms with E-state index in [-0.39, 0.29) is 5.91 Å². The number of anilines is 1. The zero-order chi connectivity index (χ0) is 14.4.